The SMILES string of the molecule is COc1cc(O)c2c(c1)OC(c1ccc(O)c(OC)c1)CC2=O. The average molecular weight is 316 g/mol. The number of benzene rings is 2. The van der Waals surface area contributed by atoms with E-state index in [2.05, 4.69) is 0 Å². The van der Waals surface area contributed by atoms with Crippen LogP contribution in [-0.4, -0.2) is 30.2 Å². The first-order chi connectivity index (χ1) is 11.0. The number of hydrogen-bond donors (Lipinski definition) is 2. The highest BCUT2D eigenvalue weighted by atomic mass is 16.5. The van der Waals surface area contributed by atoms with Gasteiger partial charge < -0.3 is 24.4 Å². The third kappa shape index (κ3) is 2.63. The van der Waals surface area contributed by atoms with Crippen LogP contribution in [0.3, 0.4) is 0 Å². The van der Waals surface area contributed by atoms with Gasteiger partial charge in [0.1, 0.15) is 28.9 Å². The molecule has 0 radical (unpaired) electrons. The maximum Gasteiger partial charge on any atom is 0.174 e. The highest BCUT2D eigenvalue weighted by molar-refractivity contribution is 6.02. The van der Waals surface area contributed by atoms with Gasteiger partial charge >= 0.3 is 0 Å². The van der Waals surface area contributed by atoms with Crippen molar-refractivity contribution >= 4 is 5.78 Å². The zero-order valence-electron chi connectivity index (χ0n) is 12.7. The molecule has 0 fully saturated rings. The van der Waals surface area contributed by atoms with Crippen molar-refractivity contribution < 1.29 is 29.2 Å². The Labute approximate surface area is 132 Å². The maximum atomic E-state index is 12.3. The zero-order chi connectivity index (χ0) is 16.6. The van der Waals surface area contributed by atoms with E-state index in [0.29, 0.717) is 17.1 Å². The van der Waals surface area contributed by atoms with Crippen LogP contribution >= 0.6 is 0 Å². The molecule has 2 aromatic rings. The molecule has 1 aliphatic heterocycles. The molecule has 6 heteroatoms. The van der Waals surface area contributed by atoms with Gasteiger partial charge in [-0.3, -0.25) is 4.79 Å². The largest absolute Gasteiger partial charge is 0.507 e. The van der Waals surface area contributed by atoms with Crippen LogP contribution in [0.25, 0.3) is 0 Å². The van der Waals surface area contributed by atoms with Crippen LogP contribution in [0.15, 0.2) is 30.3 Å². The van der Waals surface area contributed by atoms with E-state index in [4.69, 9.17) is 14.2 Å². The van der Waals surface area contributed by atoms with Gasteiger partial charge in [0.15, 0.2) is 17.3 Å². The monoisotopic (exact) mass is 316 g/mol. The lowest BCUT2D eigenvalue weighted by Gasteiger charge is -2.26. The second kappa shape index (κ2) is 5.72. The minimum absolute atomic E-state index is 0.0121. The van der Waals surface area contributed by atoms with Crippen molar-refractivity contribution in [3.8, 4) is 28.7 Å². The smallest absolute Gasteiger partial charge is 0.174 e. The Kier molecular flexibility index (Phi) is 3.73. The van der Waals surface area contributed by atoms with Crippen molar-refractivity contribution in [3.63, 3.8) is 0 Å². The van der Waals surface area contributed by atoms with Crippen molar-refractivity contribution in [2.45, 2.75) is 12.5 Å². The highest BCUT2D eigenvalue weighted by Crippen LogP contribution is 2.42. The predicted molar refractivity (Wildman–Crippen MR) is 81.6 cm³/mol. The van der Waals surface area contributed by atoms with Gasteiger partial charge in [-0.2, -0.15) is 0 Å². The predicted octanol–water partition coefficient (Wildman–Crippen LogP) is 2.82. The average Bonchev–Trinajstić information content (AvgIpc) is 2.54. The van der Waals surface area contributed by atoms with Crippen LogP contribution in [-0.2, 0) is 0 Å². The molecule has 0 aliphatic carbocycles. The van der Waals surface area contributed by atoms with Gasteiger partial charge in [0.2, 0.25) is 0 Å². The fourth-order valence-electron chi connectivity index (χ4n) is 2.61. The third-order valence-electron chi connectivity index (χ3n) is 3.78. The number of phenolic OH excluding ortho intramolecular Hbond substituents is 2. The summed E-state index contributed by atoms with van der Waals surface area (Å²) in [6.07, 6.45) is -0.447. The fourth-order valence-corrected chi connectivity index (χ4v) is 2.61. The van der Waals surface area contributed by atoms with Crippen LogP contribution in [0.5, 0.6) is 28.7 Å². The molecule has 0 saturated carbocycles. The molecule has 0 saturated heterocycles. The Morgan fingerprint density at radius 2 is 1.87 bits per heavy atom. The molecule has 2 aromatic carbocycles. The van der Waals surface area contributed by atoms with E-state index in [1.54, 1.807) is 18.2 Å². The molecule has 1 aliphatic rings. The summed E-state index contributed by atoms with van der Waals surface area (Å²) in [5, 5.41) is 19.6. The first kappa shape index (κ1) is 15.0. The number of hydrogen-bond acceptors (Lipinski definition) is 6. The van der Waals surface area contributed by atoms with Crippen molar-refractivity contribution in [1.82, 2.24) is 0 Å². The molecule has 0 amide bonds. The molecule has 1 heterocycles. The first-order valence-corrected chi connectivity index (χ1v) is 7.01. The maximum absolute atomic E-state index is 12.3. The molecular formula is C17H16O6. The zero-order valence-corrected chi connectivity index (χ0v) is 12.7. The second-order valence-electron chi connectivity index (χ2n) is 5.18. The molecule has 6 nitrogen and oxygen atoms in total. The highest BCUT2D eigenvalue weighted by Gasteiger charge is 2.31. The summed E-state index contributed by atoms with van der Waals surface area (Å²) >= 11 is 0. The van der Waals surface area contributed by atoms with Crippen molar-refractivity contribution in [1.29, 1.82) is 0 Å². The van der Waals surface area contributed by atoms with Gasteiger partial charge in [0, 0.05) is 12.1 Å². The summed E-state index contributed by atoms with van der Waals surface area (Å²) in [4.78, 5) is 12.3. The van der Waals surface area contributed by atoms with Gasteiger partial charge in [-0.1, -0.05) is 6.07 Å². The van der Waals surface area contributed by atoms with E-state index in [0.717, 1.165) is 0 Å². The number of phenols is 2. The molecule has 0 spiro atoms. The van der Waals surface area contributed by atoms with Crippen molar-refractivity contribution in [2.75, 3.05) is 14.2 Å². The Bertz CT molecular complexity index is 768. The van der Waals surface area contributed by atoms with E-state index in [1.165, 1.54) is 26.4 Å². The van der Waals surface area contributed by atoms with E-state index in [-0.39, 0.29) is 35.0 Å². The Balaban J connectivity index is 2.00. The number of carbonyl (C=O) groups is 1. The van der Waals surface area contributed by atoms with Crippen molar-refractivity contribution in [2.24, 2.45) is 0 Å². The summed E-state index contributed by atoms with van der Waals surface area (Å²) < 4.78 is 16.0. The van der Waals surface area contributed by atoms with Crippen LogP contribution in [0.2, 0.25) is 0 Å². The van der Waals surface area contributed by atoms with Gasteiger partial charge in [0.25, 0.3) is 0 Å². The van der Waals surface area contributed by atoms with Crippen LogP contribution in [0.1, 0.15) is 28.4 Å². The molecule has 1 atom stereocenters. The Hall–Kier alpha value is -2.89. The number of ether oxygens (including phenoxy) is 3. The molecule has 0 bridgehead atoms. The molecule has 2 N–H and O–H groups in total. The summed E-state index contributed by atoms with van der Waals surface area (Å²) in [6.45, 7) is 0. The normalized spacial score (nSPS) is 16.4. The topological polar surface area (TPSA) is 85.2 Å². The lowest BCUT2D eigenvalue weighted by atomic mass is 9.95. The standard InChI is InChI=1S/C17H16O6/c1-21-10-6-12(19)17-13(20)8-14(23-16(17)7-10)9-3-4-11(18)15(5-9)22-2/h3-7,14,18-19H,8H2,1-2H3. The summed E-state index contributed by atoms with van der Waals surface area (Å²) in [7, 11) is 2.91. The number of aromatic hydroxyl groups is 2. The second-order valence-corrected chi connectivity index (χ2v) is 5.18. The fraction of sp³-hybridized carbons (Fsp3) is 0.235. The number of Topliss-reactive ketones (excluding diaryl/α,β-unsaturated/α-hetero) is 1. The van der Waals surface area contributed by atoms with E-state index >= 15 is 0 Å². The van der Waals surface area contributed by atoms with Gasteiger partial charge in [-0.05, 0) is 17.7 Å². The number of rotatable bonds is 3. The van der Waals surface area contributed by atoms with Gasteiger partial charge in [-0.25, -0.2) is 0 Å². The van der Waals surface area contributed by atoms with Crippen LogP contribution in [0.4, 0.5) is 0 Å². The number of ketones is 1. The molecular weight excluding hydrogens is 300 g/mol. The molecule has 0 aromatic heterocycles. The van der Waals surface area contributed by atoms with E-state index in [9.17, 15) is 15.0 Å². The third-order valence-corrected chi connectivity index (χ3v) is 3.78. The Morgan fingerprint density at radius 1 is 1.09 bits per heavy atom. The van der Waals surface area contributed by atoms with Crippen LogP contribution in [0, 0.1) is 0 Å². The molecule has 23 heavy (non-hydrogen) atoms. The first-order valence-electron chi connectivity index (χ1n) is 7.01. The van der Waals surface area contributed by atoms with E-state index < -0.39 is 6.10 Å². The summed E-state index contributed by atoms with van der Waals surface area (Å²) in [5.74, 6) is 0.610. The van der Waals surface area contributed by atoms with Crippen LogP contribution < -0.4 is 14.2 Å². The van der Waals surface area contributed by atoms with Gasteiger partial charge in [0.05, 0.1) is 20.6 Å². The lowest BCUT2D eigenvalue weighted by molar-refractivity contribution is 0.0844. The van der Waals surface area contributed by atoms with Gasteiger partial charge in [-0.15, -0.1) is 0 Å². The number of carbonyl (C=O) groups excluding carboxylic acids is 1. The number of fused-ring (bicyclic) bond motifs is 1. The van der Waals surface area contributed by atoms with E-state index in [1.807, 2.05) is 0 Å². The summed E-state index contributed by atoms with van der Waals surface area (Å²) in [5.41, 5.74) is 0.855. The quantitative estimate of drug-likeness (QED) is 0.905. The molecule has 3 rings (SSSR count). The minimum Gasteiger partial charge on any atom is -0.507 e. The molecule has 1 unspecified atom stereocenters. The lowest BCUT2D eigenvalue weighted by Crippen LogP contribution is -2.20. The minimum atomic E-state index is -0.531. The van der Waals surface area contributed by atoms with Crippen molar-refractivity contribution in [3.05, 3.63) is 41.5 Å². The number of methoxy groups -OCH3 is 2. The summed E-state index contributed by atoms with van der Waals surface area (Å²) in [6, 6.07) is 7.72. The molecule has 120 valence electrons. The Morgan fingerprint density at radius 3 is 2.57 bits per heavy atom.